The van der Waals surface area contributed by atoms with Crippen LogP contribution in [0.3, 0.4) is 0 Å². The Hall–Kier alpha value is -2.93. The van der Waals surface area contributed by atoms with Gasteiger partial charge in [-0.3, -0.25) is 0 Å². The zero-order valence-electron chi connectivity index (χ0n) is 23.9. The van der Waals surface area contributed by atoms with E-state index in [1.165, 1.54) is 97.9 Å². The van der Waals surface area contributed by atoms with E-state index in [0.29, 0.717) is 5.92 Å². The zero-order chi connectivity index (χ0) is 26.1. The third kappa shape index (κ3) is 3.85. The summed E-state index contributed by atoms with van der Waals surface area (Å²) in [6.45, 7) is 17.3. The van der Waals surface area contributed by atoms with Gasteiger partial charge < -0.3 is 0 Å². The van der Waals surface area contributed by atoms with Crippen molar-refractivity contribution in [3.05, 3.63) is 87.5 Å². The van der Waals surface area contributed by atoms with E-state index in [2.05, 4.69) is 102 Å². The molecule has 0 saturated heterocycles. The molecular weight excluding hydrogens is 446 g/mol. The van der Waals surface area contributed by atoms with Crippen molar-refractivity contribution in [3.63, 3.8) is 0 Å². The molecule has 1 nitrogen and oxygen atoms in total. The van der Waals surface area contributed by atoms with Crippen LogP contribution in [0.15, 0.2) is 48.5 Å². The van der Waals surface area contributed by atoms with Crippen molar-refractivity contribution < 1.29 is 4.57 Å². The van der Waals surface area contributed by atoms with Crippen LogP contribution >= 0.6 is 0 Å². The van der Waals surface area contributed by atoms with E-state index in [9.17, 15) is 0 Å². The predicted molar refractivity (Wildman–Crippen MR) is 157 cm³/mol. The molecular formula is C36H42N+. The van der Waals surface area contributed by atoms with Gasteiger partial charge in [-0.25, -0.2) is 0 Å². The standard InChI is InChI=1S/C36H42N/c1-8-9-10-11-25-12-13-27-29-19-28-26(14-22(2)3)18-34-30-16-23(4)15-24(5)31(30)21-37(34)35(28)20-33(29)36(6,7)32(27)17-25/h12-13,15-20,22H,8-11,14,21H2,1-7H3/q+1. The molecule has 2 heterocycles. The first-order valence-corrected chi connectivity index (χ1v) is 14.5. The number of hydrogen-bond acceptors (Lipinski definition) is 0. The minimum Gasteiger partial charge on any atom is -0.187 e. The van der Waals surface area contributed by atoms with Crippen molar-refractivity contribution in [1.29, 1.82) is 0 Å². The lowest BCUT2D eigenvalue weighted by molar-refractivity contribution is -0.645. The first-order valence-electron chi connectivity index (χ1n) is 14.5. The van der Waals surface area contributed by atoms with Crippen molar-refractivity contribution in [2.24, 2.45) is 5.92 Å². The molecule has 0 N–H and O–H groups in total. The second kappa shape index (κ2) is 8.83. The van der Waals surface area contributed by atoms with E-state index in [1.807, 2.05) is 0 Å². The average molecular weight is 489 g/mol. The Morgan fingerprint density at radius 3 is 2.41 bits per heavy atom. The van der Waals surface area contributed by atoms with E-state index < -0.39 is 0 Å². The van der Waals surface area contributed by atoms with Gasteiger partial charge in [-0.1, -0.05) is 71.7 Å². The molecule has 4 aromatic rings. The van der Waals surface area contributed by atoms with Gasteiger partial charge in [0.25, 0.3) is 0 Å². The quantitative estimate of drug-likeness (QED) is 0.166. The SMILES string of the molecule is CCCCCc1ccc2c(c1)C(C)(C)c1cc3c(cc1-2)c(CC(C)C)cc1[n+]3Cc2c(C)cc(C)cc2-1. The first kappa shape index (κ1) is 24.4. The smallest absolute Gasteiger partial charge is 0.187 e. The first-order chi connectivity index (χ1) is 17.7. The second-order valence-electron chi connectivity index (χ2n) is 12.7. The Kier molecular flexibility index (Phi) is 5.82. The molecule has 6 rings (SSSR count). The maximum atomic E-state index is 2.60. The lowest BCUT2D eigenvalue weighted by atomic mass is 9.81. The summed E-state index contributed by atoms with van der Waals surface area (Å²) in [4.78, 5) is 0. The summed E-state index contributed by atoms with van der Waals surface area (Å²) in [7, 11) is 0. The third-order valence-electron chi connectivity index (χ3n) is 9.00. The van der Waals surface area contributed by atoms with Crippen LogP contribution in [0.4, 0.5) is 0 Å². The fourth-order valence-electron chi connectivity index (χ4n) is 7.08. The number of pyridine rings is 1. The largest absolute Gasteiger partial charge is 0.214 e. The Morgan fingerprint density at radius 2 is 1.65 bits per heavy atom. The molecule has 0 saturated carbocycles. The number of fused-ring (bicyclic) bond motifs is 8. The summed E-state index contributed by atoms with van der Waals surface area (Å²) >= 11 is 0. The van der Waals surface area contributed by atoms with Gasteiger partial charge >= 0.3 is 0 Å². The van der Waals surface area contributed by atoms with Gasteiger partial charge in [-0.2, -0.15) is 4.57 Å². The lowest BCUT2D eigenvalue weighted by Gasteiger charge is -2.22. The highest BCUT2D eigenvalue weighted by atomic mass is 15.0. The van der Waals surface area contributed by atoms with Gasteiger partial charge in [0, 0.05) is 23.1 Å². The highest BCUT2D eigenvalue weighted by molar-refractivity contribution is 5.93. The monoisotopic (exact) mass is 488 g/mol. The van der Waals surface area contributed by atoms with Gasteiger partial charge in [0.2, 0.25) is 11.2 Å². The molecule has 1 aromatic heterocycles. The Bertz CT molecular complexity index is 1550. The molecule has 0 spiro atoms. The summed E-state index contributed by atoms with van der Waals surface area (Å²) in [5, 5.41) is 1.44. The Morgan fingerprint density at radius 1 is 0.865 bits per heavy atom. The van der Waals surface area contributed by atoms with Gasteiger partial charge in [0.15, 0.2) is 6.54 Å². The van der Waals surface area contributed by atoms with Gasteiger partial charge in [0.1, 0.15) is 0 Å². The summed E-state index contributed by atoms with van der Waals surface area (Å²) in [5.41, 5.74) is 17.4. The molecule has 1 heteroatoms. The zero-order valence-corrected chi connectivity index (χ0v) is 23.9. The number of aryl methyl sites for hydroxylation is 3. The Labute approximate surface area is 223 Å². The fourth-order valence-corrected chi connectivity index (χ4v) is 7.08. The lowest BCUT2D eigenvalue weighted by Crippen LogP contribution is -2.34. The summed E-state index contributed by atoms with van der Waals surface area (Å²) < 4.78 is 2.60. The van der Waals surface area contributed by atoms with E-state index in [1.54, 1.807) is 0 Å². The number of nitrogens with zero attached hydrogens (tertiary/aromatic N) is 1. The van der Waals surface area contributed by atoms with Crippen LogP contribution < -0.4 is 4.57 Å². The van der Waals surface area contributed by atoms with Crippen LogP contribution in [-0.4, -0.2) is 0 Å². The molecule has 0 amide bonds. The summed E-state index contributed by atoms with van der Waals surface area (Å²) in [6.07, 6.45) is 6.17. The second-order valence-corrected chi connectivity index (χ2v) is 12.7. The van der Waals surface area contributed by atoms with Crippen LogP contribution in [0.5, 0.6) is 0 Å². The topological polar surface area (TPSA) is 3.88 Å². The predicted octanol–water partition coefficient (Wildman–Crippen LogP) is 9.01. The minimum atomic E-state index is 0.0130. The molecule has 0 fully saturated rings. The average Bonchev–Trinajstić information content (AvgIpc) is 3.31. The van der Waals surface area contributed by atoms with Gasteiger partial charge in [-0.15, -0.1) is 0 Å². The van der Waals surface area contributed by atoms with Crippen molar-refractivity contribution >= 4 is 10.9 Å². The number of benzene rings is 3. The highest BCUT2D eigenvalue weighted by Gasteiger charge is 2.39. The maximum Gasteiger partial charge on any atom is 0.214 e. The van der Waals surface area contributed by atoms with E-state index in [0.717, 1.165) is 13.0 Å². The molecule has 2 aliphatic rings. The number of unbranched alkanes of at least 4 members (excludes halogenated alkanes) is 2. The summed E-state index contributed by atoms with van der Waals surface area (Å²) in [6, 6.07) is 19.7. The van der Waals surface area contributed by atoms with E-state index >= 15 is 0 Å². The van der Waals surface area contributed by atoms with Crippen LogP contribution in [0.2, 0.25) is 0 Å². The van der Waals surface area contributed by atoms with Crippen LogP contribution in [0.25, 0.3) is 33.3 Å². The molecule has 0 unspecified atom stereocenters. The number of hydrogen-bond donors (Lipinski definition) is 0. The van der Waals surface area contributed by atoms with Gasteiger partial charge in [-0.05, 0) is 95.7 Å². The van der Waals surface area contributed by atoms with Crippen molar-refractivity contribution in [2.45, 2.75) is 92.5 Å². The third-order valence-corrected chi connectivity index (χ3v) is 9.00. The molecule has 1 aliphatic carbocycles. The normalized spacial score (nSPS) is 14.7. The highest BCUT2D eigenvalue weighted by Crippen LogP contribution is 2.50. The maximum absolute atomic E-state index is 2.60. The van der Waals surface area contributed by atoms with E-state index in [-0.39, 0.29) is 5.41 Å². The van der Waals surface area contributed by atoms with Crippen LogP contribution in [-0.2, 0) is 24.8 Å². The summed E-state index contributed by atoms with van der Waals surface area (Å²) in [5.74, 6) is 0.619. The van der Waals surface area contributed by atoms with Crippen molar-refractivity contribution in [3.8, 4) is 22.4 Å². The number of aromatic nitrogens is 1. The van der Waals surface area contributed by atoms with Gasteiger partial charge in [0.05, 0.1) is 10.9 Å². The fraction of sp³-hybridized carbons (Fsp3) is 0.417. The number of rotatable bonds is 6. The molecule has 1 aliphatic heterocycles. The minimum absolute atomic E-state index is 0.0130. The van der Waals surface area contributed by atoms with Crippen molar-refractivity contribution in [2.75, 3.05) is 0 Å². The molecule has 3 aromatic carbocycles. The Balaban J connectivity index is 1.57. The van der Waals surface area contributed by atoms with Crippen LogP contribution in [0.1, 0.15) is 92.8 Å². The molecule has 0 bridgehead atoms. The molecule has 190 valence electrons. The van der Waals surface area contributed by atoms with Crippen molar-refractivity contribution in [1.82, 2.24) is 0 Å². The molecule has 37 heavy (non-hydrogen) atoms. The van der Waals surface area contributed by atoms with E-state index in [4.69, 9.17) is 0 Å². The molecule has 0 atom stereocenters. The molecule has 0 radical (unpaired) electrons. The van der Waals surface area contributed by atoms with Crippen LogP contribution in [0, 0.1) is 19.8 Å².